The van der Waals surface area contributed by atoms with Gasteiger partial charge in [0.15, 0.2) is 0 Å². The Labute approximate surface area is 116 Å². The van der Waals surface area contributed by atoms with Crippen LogP contribution in [0.2, 0.25) is 0 Å². The van der Waals surface area contributed by atoms with Crippen LogP contribution in [0.3, 0.4) is 0 Å². The maximum Gasteiger partial charge on any atom is 0.251 e. The number of carbonyl (C=O) groups is 1. The summed E-state index contributed by atoms with van der Waals surface area (Å²) in [7, 11) is 0. The lowest BCUT2D eigenvalue weighted by molar-refractivity contribution is 0.0940. The fourth-order valence-electron chi connectivity index (χ4n) is 1.68. The van der Waals surface area contributed by atoms with Gasteiger partial charge in [-0.25, -0.2) is 0 Å². The predicted molar refractivity (Wildman–Crippen MR) is 76.2 cm³/mol. The van der Waals surface area contributed by atoms with Crippen LogP contribution in [0, 0.1) is 0 Å². The summed E-state index contributed by atoms with van der Waals surface area (Å²) < 4.78 is 0. The molecule has 0 radical (unpaired) electrons. The number of nitrogens with one attached hydrogen (secondary N) is 1. The number of hydrogen-bond donors (Lipinski definition) is 1. The Morgan fingerprint density at radius 1 is 1.39 bits per heavy atom. The van der Waals surface area contributed by atoms with Gasteiger partial charge in [0.05, 0.1) is 6.04 Å². The first kappa shape index (κ1) is 13.1. The molecule has 2 rings (SSSR count). The maximum atomic E-state index is 12.1. The second-order valence-corrected chi connectivity index (χ2v) is 5.29. The smallest absolute Gasteiger partial charge is 0.251 e. The molecule has 0 aliphatic heterocycles. The van der Waals surface area contributed by atoms with Crippen molar-refractivity contribution in [3.8, 4) is 0 Å². The van der Waals surface area contributed by atoms with Crippen molar-refractivity contribution >= 4 is 28.8 Å². The van der Waals surface area contributed by atoms with Crippen molar-refractivity contribution in [1.82, 2.24) is 5.32 Å². The lowest BCUT2D eigenvalue weighted by Gasteiger charge is -2.12. The van der Waals surface area contributed by atoms with E-state index in [9.17, 15) is 4.79 Å². The van der Waals surface area contributed by atoms with Crippen LogP contribution >= 0.6 is 22.9 Å². The van der Waals surface area contributed by atoms with Crippen LogP contribution in [0.1, 0.15) is 33.8 Å². The third kappa shape index (κ3) is 3.12. The van der Waals surface area contributed by atoms with Crippen LogP contribution in [0.5, 0.6) is 0 Å². The van der Waals surface area contributed by atoms with E-state index in [1.165, 1.54) is 0 Å². The fourth-order valence-corrected chi connectivity index (χ4v) is 2.59. The van der Waals surface area contributed by atoms with Crippen molar-refractivity contribution in [2.75, 3.05) is 0 Å². The van der Waals surface area contributed by atoms with Crippen LogP contribution in [0.25, 0.3) is 0 Å². The molecule has 1 amide bonds. The van der Waals surface area contributed by atoms with E-state index in [1.54, 1.807) is 17.4 Å². The average Bonchev–Trinajstić information content (AvgIpc) is 2.92. The van der Waals surface area contributed by atoms with Crippen LogP contribution in [-0.4, -0.2) is 5.91 Å². The van der Waals surface area contributed by atoms with Crippen molar-refractivity contribution < 1.29 is 4.79 Å². The molecule has 2 aromatic rings. The van der Waals surface area contributed by atoms with E-state index in [-0.39, 0.29) is 11.9 Å². The molecule has 1 heterocycles. The number of thiophene rings is 1. The summed E-state index contributed by atoms with van der Waals surface area (Å²) >= 11 is 7.40. The van der Waals surface area contributed by atoms with Crippen molar-refractivity contribution in [3.05, 3.63) is 57.8 Å². The minimum atomic E-state index is -0.0668. The highest BCUT2D eigenvalue weighted by atomic mass is 35.5. The third-order valence-corrected chi connectivity index (χ3v) is 4.02. The molecule has 4 heteroatoms. The van der Waals surface area contributed by atoms with Gasteiger partial charge in [-0.2, -0.15) is 0 Å². The van der Waals surface area contributed by atoms with E-state index in [2.05, 4.69) is 5.32 Å². The zero-order valence-corrected chi connectivity index (χ0v) is 11.6. The molecule has 0 fully saturated rings. The Hall–Kier alpha value is -1.32. The molecule has 0 spiro atoms. The summed E-state index contributed by atoms with van der Waals surface area (Å²) in [5.41, 5.74) is 1.60. The number of amides is 1. The first-order valence-corrected chi connectivity index (χ1v) is 7.11. The van der Waals surface area contributed by atoms with Crippen LogP contribution in [-0.2, 0) is 5.88 Å². The van der Waals surface area contributed by atoms with Crippen molar-refractivity contribution in [2.45, 2.75) is 18.8 Å². The summed E-state index contributed by atoms with van der Waals surface area (Å²) in [6.45, 7) is 1.98. The predicted octanol–water partition coefficient (Wildman–Crippen LogP) is 3.98. The van der Waals surface area contributed by atoms with Crippen molar-refractivity contribution in [2.24, 2.45) is 0 Å². The molecule has 2 nitrogen and oxygen atoms in total. The molecule has 0 saturated heterocycles. The van der Waals surface area contributed by atoms with Crippen LogP contribution in [0.15, 0.2) is 41.8 Å². The summed E-state index contributed by atoms with van der Waals surface area (Å²) in [5, 5.41) is 4.98. The van der Waals surface area contributed by atoms with Gasteiger partial charge in [0.1, 0.15) is 0 Å². The van der Waals surface area contributed by atoms with E-state index in [1.807, 2.05) is 42.6 Å². The summed E-state index contributed by atoms with van der Waals surface area (Å²) in [5.74, 6) is 0.351. The number of hydrogen-bond acceptors (Lipinski definition) is 2. The number of alkyl halides is 1. The van der Waals surface area contributed by atoms with Gasteiger partial charge < -0.3 is 5.32 Å². The Morgan fingerprint density at radius 3 is 2.89 bits per heavy atom. The third-order valence-electron chi connectivity index (χ3n) is 2.66. The van der Waals surface area contributed by atoms with Gasteiger partial charge in [-0.1, -0.05) is 18.2 Å². The summed E-state index contributed by atoms with van der Waals surface area (Å²) in [6, 6.07) is 11.4. The minimum Gasteiger partial charge on any atom is -0.345 e. The standard InChI is InChI=1S/C14H14ClNOS/c1-10(13-6-3-7-18-13)16-14(17)12-5-2-4-11(8-12)9-15/h2-8,10H,9H2,1H3,(H,16,17)/t10-/m1/s1. The van der Waals surface area contributed by atoms with Gasteiger partial charge in [-0.05, 0) is 36.1 Å². The first-order valence-electron chi connectivity index (χ1n) is 5.70. The number of rotatable bonds is 4. The largest absolute Gasteiger partial charge is 0.345 e. The topological polar surface area (TPSA) is 29.1 Å². The lowest BCUT2D eigenvalue weighted by Crippen LogP contribution is -2.26. The molecular weight excluding hydrogens is 266 g/mol. The van der Waals surface area contributed by atoms with Gasteiger partial charge in [0.25, 0.3) is 5.91 Å². The Bertz CT molecular complexity index is 524. The SMILES string of the molecule is C[C@@H](NC(=O)c1cccc(CCl)c1)c1cccs1. The normalized spacial score (nSPS) is 12.1. The van der Waals surface area contributed by atoms with Gasteiger partial charge >= 0.3 is 0 Å². The first-order chi connectivity index (χ1) is 8.70. The minimum absolute atomic E-state index is 0.0251. The van der Waals surface area contributed by atoms with Crippen LogP contribution < -0.4 is 5.32 Å². The van der Waals surface area contributed by atoms with E-state index in [4.69, 9.17) is 11.6 Å². The highest BCUT2D eigenvalue weighted by Crippen LogP contribution is 2.18. The van der Waals surface area contributed by atoms with Crippen molar-refractivity contribution in [1.29, 1.82) is 0 Å². The van der Waals surface area contributed by atoms with Gasteiger partial charge in [0, 0.05) is 16.3 Å². The van der Waals surface area contributed by atoms with Gasteiger partial charge in [0.2, 0.25) is 0 Å². The molecule has 0 unspecified atom stereocenters. The molecule has 1 aromatic heterocycles. The quantitative estimate of drug-likeness (QED) is 0.843. The molecule has 0 bridgehead atoms. The number of benzene rings is 1. The van der Waals surface area contributed by atoms with E-state index in [0.29, 0.717) is 11.4 Å². The molecule has 18 heavy (non-hydrogen) atoms. The highest BCUT2D eigenvalue weighted by molar-refractivity contribution is 7.10. The van der Waals surface area contributed by atoms with E-state index in [0.717, 1.165) is 10.4 Å². The van der Waals surface area contributed by atoms with E-state index >= 15 is 0 Å². The highest BCUT2D eigenvalue weighted by Gasteiger charge is 2.12. The van der Waals surface area contributed by atoms with Gasteiger partial charge in [-0.15, -0.1) is 22.9 Å². The van der Waals surface area contributed by atoms with Crippen LogP contribution in [0.4, 0.5) is 0 Å². The molecule has 1 aromatic carbocycles. The number of halogens is 1. The summed E-state index contributed by atoms with van der Waals surface area (Å²) in [4.78, 5) is 13.2. The lowest BCUT2D eigenvalue weighted by atomic mass is 10.1. The summed E-state index contributed by atoms with van der Waals surface area (Å²) in [6.07, 6.45) is 0. The molecule has 0 aliphatic rings. The second kappa shape index (κ2) is 6.03. The maximum absolute atomic E-state index is 12.1. The zero-order chi connectivity index (χ0) is 13.0. The fraction of sp³-hybridized carbons (Fsp3) is 0.214. The molecule has 0 aliphatic carbocycles. The Kier molecular flexibility index (Phi) is 4.39. The average molecular weight is 280 g/mol. The molecule has 94 valence electrons. The molecule has 1 atom stereocenters. The number of carbonyl (C=O) groups excluding carboxylic acids is 1. The van der Waals surface area contributed by atoms with Crippen molar-refractivity contribution in [3.63, 3.8) is 0 Å². The second-order valence-electron chi connectivity index (χ2n) is 4.04. The molecule has 1 N–H and O–H groups in total. The van der Waals surface area contributed by atoms with Gasteiger partial charge in [-0.3, -0.25) is 4.79 Å². The Balaban J connectivity index is 2.07. The van der Waals surface area contributed by atoms with E-state index < -0.39 is 0 Å². The molecular formula is C14H14ClNOS. The zero-order valence-electron chi connectivity index (χ0n) is 10.0. The monoisotopic (exact) mass is 279 g/mol. The molecule has 0 saturated carbocycles. The Morgan fingerprint density at radius 2 is 2.22 bits per heavy atom.